The van der Waals surface area contributed by atoms with Crippen molar-refractivity contribution < 1.29 is 0 Å². The SMILES string of the molecule is C=CC.C=CCC(C)c1nc(-c2cnccc2C)sc1CCCC.CC. The molecule has 0 aromatic carbocycles. The van der Waals surface area contributed by atoms with Gasteiger partial charge < -0.3 is 0 Å². The molecule has 3 heteroatoms. The molecule has 0 radical (unpaired) electrons. The molecule has 0 N–H and O–H groups in total. The van der Waals surface area contributed by atoms with Gasteiger partial charge in [-0.3, -0.25) is 4.98 Å². The lowest BCUT2D eigenvalue weighted by Crippen LogP contribution is -1.97. The number of pyridine rings is 1. The van der Waals surface area contributed by atoms with Gasteiger partial charge in [0.25, 0.3) is 0 Å². The molecule has 0 fully saturated rings. The lowest BCUT2D eigenvalue weighted by molar-refractivity contribution is 0.727. The summed E-state index contributed by atoms with van der Waals surface area (Å²) in [5, 5.41) is 1.11. The highest BCUT2D eigenvalue weighted by Crippen LogP contribution is 2.35. The molecule has 0 saturated heterocycles. The first-order valence-corrected chi connectivity index (χ1v) is 10.5. The highest BCUT2D eigenvalue weighted by Gasteiger charge is 2.17. The Labute approximate surface area is 165 Å². The van der Waals surface area contributed by atoms with Crippen molar-refractivity contribution in [3.8, 4) is 10.6 Å². The third-order valence-electron chi connectivity index (χ3n) is 3.74. The number of allylic oxidation sites excluding steroid dienone is 2. The largest absolute Gasteiger partial charge is 0.264 e. The van der Waals surface area contributed by atoms with E-state index in [1.54, 1.807) is 6.08 Å². The van der Waals surface area contributed by atoms with E-state index < -0.39 is 0 Å². The lowest BCUT2D eigenvalue weighted by atomic mass is 10.0. The average molecular weight is 373 g/mol. The second-order valence-electron chi connectivity index (χ2n) is 5.96. The summed E-state index contributed by atoms with van der Waals surface area (Å²) >= 11 is 1.84. The van der Waals surface area contributed by atoms with Crippen molar-refractivity contribution in [3.05, 3.63) is 59.9 Å². The molecule has 1 atom stereocenters. The topological polar surface area (TPSA) is 25.8 Å². The highest BCUT2D eigenvalue weighted by atomic mass is 32.1. The van der Waals surface area contributed by atoms with Gasteiger partial charge in [0.1, 0.15) is 5.01 Å². The van der Waals surface area contributed by atoms with Crippen LogP contribution in [0.1, 0.15) is 75.9 Å². The molecule has 0 aliphatic rings. The van der Waals surface area contributed by atoms with E-state index in [1.807, 2.05) is 50.6 Å². The summed E-state index contributed by atoms with van der Waals surface area (Å²) in [6, 6.07) is 2.05. The maximum Gasteiger partial charge on any atom is 0.125 e. The third-order valence-corrected chi connectivity index (χ3v) is 4.91. The van der Waals surface area contributed by atoms with Gasteiger partial charge in [0, 0.05) is 28.8 Å². The Hall–Kier alpha value is -1.74. The Morgan fingerprint density at radius 2 is 1.92 bits per heavy atom. The first kappa shape index (κ1) is 24.3. The maximum atomic E-state index is 4.94. The van der Waals surface area contributed by atoms with E-state index >= 15 is 0 Å². The Morgan fingerprint density at radius 3 is 2.46 bits per heavy atom. The van der Waals surface area contributed by atoms with Crippen LogP contribution in [-0.4, -0.2) is 9.97 Å². The van der Waals surface area contributed by atoms with Crippen molar-refractivity contribution in [2.24, 2.45) is 0 Å². The quantitative estimate of drug-likeness (QED) is 0.464. The molecular formula is C23H36N2S. The van der Waals surface area contributed by atoms with Crippen molar-refractivity contribution in [2.45, 2.75) is 73.1 Å². The van der Waals surface area contributed by atoms with Gasteiger partial charge in [0.15, 0.2) is 0 Å². The van der Waals surface area contributed by atoms with Gasteiger partial charge in [-0.1, -0.05) is 46.3 Å². The van der Waals surface area contributed by atoms with E-state index in [1.165, 1.54) is 29.0 Å². The van der Waals surface area contributed by atoms with Crippen molar-refractivity contribution in [1.29, 1.82) is 0 Å². The van der Waals surface area contributed by atoms with Crippen LogP contribution in [0.4, 0.5) is 0 Å². The molecule has 0 aliphatic carbocycles. The Morgan fingerprint density at radius 1 is 1.27 bits per heavy atom. The highest BCUT2D eigenvalue weighted by molar-refractivity contribution is 7.15. The Kier molecular flexibility index (Phi) is 13.5. The Bertz CT molecular complexity index is 643. The van der Waals surface area contributed by atoms with E-state index in [0.29, 0.717) is 5.92 Å². The predicted molar refractivity (Wildman–Crippen MR) is 119 cm³/mol. The van der Waals surface area contributed by atoms with E-state index in [4.69, 9.17) is 4.98 Å². The van der Waals surface area contributed by atoms with Crippen LogP contribution in [0.5, 0.6) is 0 Å². The zero-order valence-electron chi connectivity index (χ0n) is 17.5. The van der Waals surface area contributed by atoms with Crippen LogP contribution in [0.3, 0.4) is 0 Å². The van der Waals surface area contributed by atoms with E-state index in [9.17, 15) is 0 Å². The van der Waals surface area contributed by atoms with Gasteiger partial charge in [0.2, 0.25) is 0 Å². The third kappa shape index (κ3) is 7.65. The van der Waals surface area contributed by atoms with E-state index in [0.717, 1.165) is 23.4 Å². The molecule has 2 rings (SSSR count). The summed E-state index contributed by atoms with van der Waals surface area (Å²) in [6.45, 7) is 19.7. The van der Waals surface area contributed by atoms with Crippen LogP contribution in [0.2, 0.25) is 0 Å². The van der Waals surface area contributed by atoms with Crippen molar-refractivity contribution >= 4 is 11.3 Å². The van der Waals surface area contributed by atoms with Crippen molar-refractivity contribution in [2.75, 3.05) is 0 Å². The van der Waals surface area contributed by atoms with Gasteiger partial charge in [-0.15, -0.1) is 24.5 Å². The molecule has 1 unspecified atom stereocenters. The standard InChI is InChI=1S/C18H24N2S.C3H6.C2H6/c1-5-7-9-16-17(14(4)8-6-2)20-18(21-16)15-12-19-11-10-13(15)3;1-3-2;1-2/h6,10-12,14H,2,5,7-9H2,1,3-4H3;3H,1H2,2H3;1-2H3. The zero-order valence-corrected chi connectivity index (χ0v) is 18.3. The van der Waals surface area contributed by atoms with Gasteiger partial charge >= 0.3 is 0 Å². The molecular weight excluding hydrogens is 336 g/mol. The predicted octanol–water partition coefficient (Wildman–Crippen LogP) is 7.75. The fourth-order valence-corrected chi connectivity index (χ4v) is 3.73. The molecule has 2 heterocycles. The summed E-state index contributed by atoms with van der Waals surface area (Å²) < 4.78 is 0. The summed E-state index contributed by atoms with van der Waals surface area (Å²) in [7, 11) is 0. The molecule has 26 heavy (non-hydrogen) atoms. The average Bonchev–Trinajstić information content (AvgIpc) is 3.07. The Balaban J connectivity index is 0.00000113. The second kappa shape index (κ2) is 14.4. The summed E-state index contributed by atoms with van der Waals surface area (Å²) in [4.78, 5) is 10.6. The normalized spacial score (nSPS) is 10.7. The molecule has 2 aromatic rings. The summed E-state index contributed by atoms with van der Waals surface area (Å²) in [5.74, 6) is 0.441. The molecule has 0 spiro atoms. The van der Waals surface area contributed by atoms with E-state index in [-0.39, 0.29) is 0 Å². The number of rotatable bonds is 7. The molecule has 144 valence electrons. The lowest BCUT2D eigenvalue weighted by Gasteiger charge is -2.08. The summed E-state index contributed by atoms with van der Waals surface area (Å²) in [6.07, 6.45) is 12.1. The summed E-state index contributed by atoms with van der Waals surface area (Å²) in [5.41, 5.74) is 3.66. The number of thiazole rings is 1. The fraction of sp³-hybridized carbons (Fsp3) is 0.478. The van der Waals surface area contributed by atoms with Crippen LogP contribution in [0.15, 0.2) is 43.8 Å². The number of hydrogen-bond donors (Lipinski definition) is 0. The first-order valence-electron chi connectivity index (χ1n) is 9.67. The number of aryl methyl sites for hydroxylation is 2. The van der Waals surface area contributed by atoms with Gasteiger partial charge in [0.05, 0.1) is 5.69 Å². The molecule has 0 bridgehead atoms. The molecule has 2 nitrogen and oxygen atoms in total. The van der Waals surface area contributed by atoms with Crippen molar-refractivity contribution in [1.82, 2.24) is 9.97 Å². The smallest absolute Gasteiger partial charge is 0.125 e. The minimum absolute atomic E-state index is 0.441. The molecule has 2 aromatic heterocycles. The van der Waals surface area contributed by atoms with E-state index in [2.05, 4.69) is 45.0 Å². The maximum absolute atomic E-state index is 4.94. The van der Waals surface area contributed by atoms with Crippen LogP contribution in [0.25, 0.3) is 10.6 Å². The number of aromatic nitrogens is 2. The zero-order chi connectivity index (χ0) is 19.9. The number of unbranched alkanes of at least 4 members (excludes halogenated alkanes) is 1. The van der Waals surface area contributed by atoms with Crippen LogP contribution in [0, 0.1) is 6.92 Å². The minimum atomic E-state index is 0.441. The van der Waals surface area contributed by atoms with Crippen LogP contribution in [-0.2, 0) is 6.42 Å². The minimum Gasteiger partial charge on any atom is -0.264 e. The number of nitrogens with zero attached hydrogens (tertiary/aromatic N) is 2. The number of hydrogen-bond acceptors (Lipinski definition) is 3. The van der Waals surface area contributed by atoms with Gasteiger partial charge in [-0.05, 0) is 44.7 Å². The molecule has 0 saturated carbocycles. The molecule has 0 aliphatic heterocycles. The monoisotopic (exact) mass is 372 g/mol. The van der Waals surface area contributed by atoms with Gasteiger partial charge in [-0.2, -0.15) is 0 Å². The first-order chi connectivity index (χ1) is 12.6. The second-order valence-corrected chi connectivity index (χ2v) is 7.04. The van der Waals surface area contributed by atoms with Gasteiger partial charge in [-0.25, -0.2) is 4.98 Å². The fourth-order valence-electron chi connectivity index (χ4n) is 2.43. The van der Waals surface area contributed by atoms with Crippen LogP contribution >= 0.6 is 11.3 Å². The van der Waals surface area contributed by atoms with Crippen LogP contribution < -0.4 is 0 Å². The van der Waals surface area contributed by atoms with Crippen molar-refractivity contribution in [3.63, 3.8) is 0 Å². The molecule has 0 amide bonds.